The zero-order valence-electron chi connectivity index (χ0n) is 12.2. The van der Waals surface area contributed by atoms with E-state index in [0.717, 1.165) is 0 Å². The summed E-state index contributed by atoms with van der Waals surface area (Å²) < 4.78 is 14.0. The van der Waals surface area contributed by atoms with Crippen molar-refractivity contribution >= 4 is 23.8 Å². The number of carbonyl (C=O) groups excluding carboxylic acids is 3. The highest BCUT2D eigenvalue weighted by Gasteiger charge is 2.26. The second kappa shape index (κ2) is 8.13. The van der Waals surface area contributed by atoms with Crippen molar-refractivity contribution in [3.05, 3.63) is 0 Å². The molecule has 0 bridgehead atoms. The van der Waals surface area contributed by atoms with E-state index in [2.05, 4.69) is 19.5 Å². The summed E-state index contributed by atoms with van der Waals surface area (Å²) in [4.78, 5) is 38.6. The van der Waals surface area contributed by atoms with Crippen LogP contribution in [0.5, 0.6) is 0 Å². The van der Waals surface area contributed by atoms with Crippen LogP contribution in [0.2, 0.25) is 0 Å². The first-order valence-corrected chi connectivity index (χ1v) is 6.03. The molecular formula is C12H19NO7. The number of oxime groups is 1. The molecule has 0 fully saturated rings. The highest BCUT2D eigenvalue weighted by molar-refractivity contribution is 6.62. The molecule has 0 unspecified atom stereocenters. The number of rotatable bonds is 5. The molecule has 114 valence electrons. The van der Waals surface area contributed by atoms with Crippen LogP contribution >= 0.6 is 0 Å². The van der Waals surface area contributed by atoms with Crippen molar-refractivity contribution in [2.75, 3.05) is 13.2 Å². The predicted octanol–water partition coefficient (Wildman–Crippen LogP) is 1.42. The van der Waals surface area contributed by atoms with Gasteiger partial charge in [-0.15, -0.1) is 0 Å². The first-order chi connectivity index (χ1) is 9.21. The molecule has 0 heterocycles. The maximum atomic E-state index is 11.5. The molecular weight excluding hydrogens is 270 g/mol. The average molecular weight is 289 g/mol. The molecule has 0 saturated heterocycles. The molecule has 0 amide bonds. The summed E-state index contributed by atoms with van der Waals surface area (Å²) in [5, 5.41) is 3.14. The van der Waals surface area contributed by atoms with E-state index in [1.165, 1.54) is 0 Å². The Labute approximate surface area is 117 Å². The van der Waals surface area contributed by atoms with Crippen LogP contribution in [0.3, 0.4) is 0 Å². The Hall–Kier alpha value is -2.12. The van der Waals surface area contributed by atoms with Gasteiger partial charge >= 0.3 is 18.1 Å². The molecule has 0 aromatic heterocycles. The highest BCUT2D eigenvalue weighted by atomic mass is 16.8. The monoisotopic (exact) mass is 289 g/mol. The van der Waals surface area contributed by atoms with Crippen LogP contribution in [0.1, 0.15) is 34.6 Å². The van der Waals surface area contributed by atoms with Gasteiger partial charge in [-0.05, 0) is 34.6 Å². The fraction of sp³-hybridized carbons (Fsp3) is 0.667. The summed E-state index contributed by atoms with van der Waals surface area (Å²) in [5.41, 5.74) is -1.56. The van der Waals surface area contributed by atoms with Crippen LogP contribution in [0.25, 0.3) is 0 Å². The number of nitrogens with zero attached hydrogens (tertiary/aromatic N) is 1. The Kier molecular flexibility index (Phi) is 7.27. The van der Waals surface area contributed by atoms with Crippen molar-refractivity contribution in [3.63, 3.8) is 0 Å². The normalized spacial score (nSPS) is 10.2. The third-order valence-corrected chi connectivity index (χ3v) is 1.54. The van der Waals surface area contributed by atoms with E-state index < -0.39 is 29.4 Å². The molecule has 8 heteroatoms. The van der Waals surface area contributed by atoms with Gasteiger partial charge in [0.2, 0.25) is 0 Å². The Balaban J connectivity index is 4.85. The molecule has 8 nitrogen and oxygen atoms in total. The maximum absolute atomic E-state index is 11.5. The summed E-state index contributed by atoms with van der Waals surface area (Å²) in [7, 11) is 0. The Morgan fingerprint density at radius 2 is 1.40 bits per heavy atom. The van der Waals surface area contributed by atoms with E-state index in [-0.39, 0.29) is 13.2 Å². The third-order valence-electron chi connectivity index (χ3n) is 1.54. The van der Waals surface area contributed by atoms with E-state index in [0.29, 0.717) is 0 Å². The second-order valence-corrected chi connectivity index (χ2v) is 4.44. The smallest absolute Gasteiger partial charge is 0.461 e. The first kappa shape index (κ1) is 17.9. The van der Waals surface area contributed by atoms with Crippen molar-refractivity contribution in [2.24, 2.45) is 5.16 Å². The largest absolute Gasteiger partial charge is 0.535 e. The molecule has 0 N–H and O–H groups in total. The number of esters is 2. The van der Waals surface area contributed by atoms with E-state index >= 15 is 0 Å². The van der Waals surface area contributed by atoms with Crippen molar-refractivity contribution < 1.29 is 33.4 Å². The quantitative estimate of drug-likeness (QED) is 0.188. The van der Waals surface area contributed by atoms with Crippen molar-refractivity contribution in [1.29, 1.82) is 0 Å². The molecule has 0 spiro atoms. The van der Waals surface area contributed by atoms with Gasteiger partial charge in [-0.3, -0.25) is 4.84 Å². The van der Waals surface area contributed by atoms with Gasteiger partial charge in [0.25, 0.3) is 5.71 Å². The SMILES string of the molecule is CCOC(=O)C(=NOC(=O)OC(C)(C)C)C(=O)OCC. The van der Waals surface area contributed by atoms with Gasteiger partial charge in [0.15, 0.2) is 0 Å². The van der Waals surface area contributed by atoms with Crippen LogP contribution in [0.15, 0.2) is 5.16 Å². The van der Waals surface area contributed by atoms with Gasteiger partial charge in [-0.25, -0.2) is 14.4 Å². The van der Waals surface area contributed by atoms with Crippen LogP contribution in [0, 0.1) is 0 Å². The molecule has 0 aromatic carbocycles. The number of ether oxygens (including phenoxy) is 3. The van der Waals surface area contributed by atoms with Gasteiger partial charge < -0.3 is 14.2 Å². The van der Waals surface area contributed by atoms with Gasteiger partial charge in [-0.2, -0.15) is 0 Å². The van der Waals surface area contributed by atoms with Gasteiger partial charge in [0, 0.05) is 0 Å². The van der Waals surface area contributed by atoms with Crippen molar-refractivity contribution in [2.45, 2.75) is 40.2 Å². The van der Waals surface area contributed by atoms with E-state index in [4.69, 9.17) is 4.74 Å². The lowest BCUT2D eigenvalue weighted by Gasteiger charge is -2.17. The van der Waals surface area contributed by atoms with Crippen LogP contribution < -0.4 is 0 Å². The number of carbonyl (C=O) groups is 3. The molecule has 0 saturated carbocycles. The summed E-state index contributed by atoms with van der Waals surface area (Å²) >= 11 is 0. The number of hydrogen-bond acceptors (Lipinski definition) is 8. The van der Waals surface area contributed by atoms with Crippen LogP contribution in [-0.2, 0) is 28.6 Å². The zero-order chi connectivity index (χ0) is 15.8. The summed E-state index contributed by atoms with van der Waals surface area (Å²) in [6, 6.07) is 0. The Morgan fingerprint density at radius 3 is 1.75 bits per heavy atom. The van der Waals surface area contributed by atoms with Crippen LogP contribution in [-0.4, -0.2) is 42.6 Å². The van der Waals surface area contributed by atoms with Gasteiger partial charge in [0.1, 0.15) is 5.60 Å². The fourth-order valence-electron chi connectivity index (χ4n) is 0.908. The van der Waals surface area contributed by atoms with Crippen molar-refractivity contribution in [3.8, 4) is 0 Å². The van der Waals surface area contributed by atoms with Crippen LogP contribution in [0.4, 0.5) is 4.79 Å². The fourth-order valence-corrected chi connectivity index (χ4v) is 0.908. The minimum atomic E-state index is -1.15. The molecule has 0 atom stereocenters. The minimum Gasteiger partial charge on any atom is -0.461 e. The molecule has 0 aromatic rings. The van der Waals surface area contributed by atoms with E-state index in [1.807, 2.05) is 0 Å². The lowest BCUT2D eigenvalue weighted by atomic mass is 10.2. The third kappa shape index (κ3) is 7.34. The second-order valence-electron chi connectivity index (χ2n) is 4.44. The molecule has 0 rings (SSSR count). The minimum absolute atomic E-state index is 0.0314. The lowest BCUT2D eigenvalue weighted by molar-refractivity contribution is -0.140. The summed E-state index contributed by atoms with van der Waals surface area (Å²) in [5.74, 6) is -2.09. The van der Waals surface area contributed by atoms with E-state index in [1.54, 1.807) is 34.6 Å². The topological polar surface area (TPSA) is 100 Å². The molecule has 20 heavy (non-hydrogen) atoms. The lowest BCUT2D eigenvalue weighted by Crippen LogP contribution is -2.30. The predicted molar refractivity (Wildman–Crippen MR) is 68.0 cm³/mol. The molecule has 0 aliphatic heterocycles. The van der Waals surface area contributed by atoms with Gasteiger partial charge in [0.05, 0.1) is 13.2 Å². The van der Waals surface area contributed by atoms with Gasteiger partial charge in [-0.1, -0.05) is 5.16 Å². The standard InChI is InChI=1S/C12H19NO7/c1-6-17-9(14)8(10(15)18-7-2)13-20-11(16)19-12(3,4)5/h6-7H2,1-5H3. The molecule has 0 aliphatic rings. The molecule has 0 aliphatic carbocycles. The Morgan fingerprint density at radius 1 is 0.950 bits per heavy atom. The Bertz CT molecular complexity index is 375. The first-order valence-electron chi connectivity index (χ1n) is 6.03. The molecule has 0 radical (unpaired) electrons. The number of hydrogen-bond donors (Lipinski definition) is 0. The zero-order valence-corrected chi connectivity index (χ0v) is 12.2. The average Bonchev–Trinajstić information content (AvgIpc) is 2.27. The highest BCUT2D eigenvalue weighted by Crippen LogP contribution is 2.08. The summed E-state index contributed by atoms with van der Waals surface area (Å²) in [6.07, 6.45) is -1.15. The maximum Gasteiger partial charge on any atom is 0.535 e. The van der Waals surface area contributed by atoms with E-state index in [9.17, 15) is 14.4 Å². The van der Waals surface area contributed by atoms with Crippen molar-refractivity contribution in [1.82, 2.24) is 0 Å². The summed E-state index contributed by atoms with van der Waals surface area (Å²) in [6.45, 7) is 8.03.